The zero-order valence-electron chi connectivity index (χ0n) is 49.1. The fourth-order valence-corrected chi connectivity index (χ4v) is 18.0. The van der Waals surface area contributed by atoms with Gasteiger partial charge < -0.3 is 14.2 Å². The molecule has 14 rings (SSSR count). The highest BCUT2D eigenvalue weighted by Crippen LogP contribution is 2.62. The lowest BCUT2D eigenvalue weighted by atomic mass is 9.32. The molecule has 1 aromatic carbocycles. The van der Waals surface area contributed by atoms with Crippen molar-refractivity contribution in [3.8, 4) is 0 Å². The Bertz CT molecular complexity index is 3150. The Balaban J connectivity index is 1.12. The van der Waals surface area contributed by atoms with Gasteiger partial charge in [-0.15, -0.1) is 0 Å². The van der Waals surface area contributed by atoms with Crippen molar-refractivity contribution in [1.29, 1.82) is 0 Å². The number of anilines is 1. The molecular weight excluding hydrogens is 896 g/mol. The van der Waals surface area contributed by atoms with Gasteiger partial charge in [-0.2, -0.15) is 0 Å². The second-order valence-electron chi connectivity index (χ2n) is 31.1. The molecule has 3 heterocycles. The summed E-state index contributed by atoms with van der Waals surface area (Å²) in [5, 5.41) is 1.34. The molecule has 74 heavy (non-hydrogen) atoms. The van der Waals surface area contributed by atoms with Crippen molar-refractivity contribution in [2.24, 2.45) is 56.7 Å². The fraction of sp³-hybridized carbons (Fsp3) is 0.600. The first kappa shape index (κ1) is 49.4. The Kier molecular flexibility index (Phi) is 10.5. The smallest absolute Gasteiger partial charge is 0.292 e. The maximum atomic E-state index is 7.86. The number of benzene rings is 1. The molecule has 0 N–H and O–H groups in total. The third-order valence-electron chi connectivity index (χ3n) is 23.1. The molecule has 3 nitrogen and oxygen atoms in total. The van der Waals surface area contributed by atoms with E-state index in [1.165, 1.54) is 102 Å². The highest BCUT2D eigenvalue weighted by Gasteiger charge is 2.57. The largest absolute Gasteiger partial charge is 0.468 e. The molecule has 0 radical (unpaired) electrons. The van der Waals surface area contributed by atoms with Crippen LogP contribution >= 0.6 is 0 Å². The van der Waals surface area contributed by atoms with E-state index in [0.29, 0.717) is 29.6 Å². The summed E-state index contributed by atoms with van der Waals surface area (Å²) < 4.78 is 7.86. The van der Waals surface area contributed by atoms with Gasteiger partial charge in [-0.3, -0.25) is 0 Å². The molecule has 1 aromatic heterocycles. The molecule has 7 atom stereocenters. The zero-order valence-corrected chi connectivity index (χ0v) is 49.1. The topological polar surface area (TPSA) is 19.6 Å². The van der Waals surface area contributed by atoms with Crippen LogP contribution in [0.15, 0.2) is 133 Å². The predicted octanol–water partition coefficient (Wildman–Crippen LogP) is 17.8. The van der Waals surface area contributed by atoms with E-state index in [1.807, 2.05) is 0 Å². The standard InChI is InChI=1S/C70H91BN2O/c1-40-30-42(3)60(43(4)31-40)44-33-57-61-58(34-44)73(55-38-51-49(32-41(55)2)66(10,11)24-25-68(51,14)15)56-35-45(64(5,6)7)18-21-54(56)71(61)63-62(72(57)46-19-20-48-50(36-46)67(12,13)23-22-65(48,8)9)47-37-52-53(39-59(47)74-63)70(17)28-26-69(52,16)27-29-70/h18-21,30,32,34,36-39,41,43,45,48,50,55,57H,22-29,31,33,35H2,1-17H3. The van der Waals surface area contributed by atoms with Crippen molar-refractivity contribution >= 4 is 29.0 Å². The second-order valence-corrected chi connectivity index (χ2v) is 31.1. The summed E-state index contributed by atoms with van der Waals surface area (Å²) in [6.45, 7) is 42.8. The molecule has 7 unspecified atom stereocenters. The van der Waals surface area contributed by atoms with Crippen LogP contribution in [0.25, 0.3) is 11.0 Å². The number of nitrogens with zero attached hydrogens (tertiary/aromatic N) is 2. The number of hydrogen-bond acceptors (Lipinski definition) is 3. The fourth-order valence-electron chi connectivity index (χ4n) is 18.0. The van der Waals surface area contributed by atoms with Gasteiger partial charge in [0.15, 0.2) is 0 Å². The van der Waals surface area contributed by atoms with E-state index in [1.54, 1.807) is 38.9 Å². The van der Waals surface area contributed by atoms with Gasteiger partial charge in [0, 0.05) is 22.5 Å². The van der Waals surface area contributed by atoms with Gasteiger partial charge in [0.2, 0.25) is 0 Å². The minimum Gasteiger partial charge on any atom is -0.468 e. The van der Waals surface area contributed by atoms with Crippen molar-refractivity contribution < 1.29 is 4.42 Å². The third-order valence-corrected chi connectivity index (χ3v) is 23.1. The summed E-state index contributed by atoms with van der Waals surface area (Å²) >= 11 is 0. The van der Waals surface area contributed by atoms with Crippen LogP contribution in [-0.2, 0) is 10.8 Å². The molecule has 12 aliphatic rings. The van der Waals surface area contributed by atoms with Crippen LogP contribution < -0.4 is 10.6 Å². The SMILES string of the molecule is CC1=CC(C)=C(C2=CC3=C4B(C5=C(CC(C(C)(C)C)C=C5)N3C3C=C5C(=CC3C)C(C)(C)CCC5(C)C)c3oc5cc6c(cc5c3N(C3=CC5C(C=C3)C(C)(C)CCC5(C)C)C4C2)C2(C)CCC6(C)CC2)C(C)C1. The quantitative estimate of drug-likeness (QED) is 0.286. The average molecular weight is 987 g/mol. The molecule has 3 fully saturated rings. The Morgan fingerprint density at radius 3 is 1.95 bits per heavy atom. The molecule has 2 bridgehead atoms. The predicted molar refractivity (Wildman–Crippen MR) is 313 cm³/mol. The lowest BCUT2D eigenvalue weighted by molar-refractivity contribution is 0.0326. The van der Waals surface area contributed by atoms with Crippen LogP contribution in [0, 0.1) is 56.7 Å². The Morgan fingerprint density at radius 1 is 0.662 bits per heavy atom. The monoisotopic (exact) mass is 987 g/mol. The number of hydrogen-bond donors (Lipinski definition) is 0. The van der Waals surface area contributed by atoms with Crippen molar-refractivity contribution in [3.63, 3.8) is 0 Å². The van der Waals surface area contributed by atoms with E-state index in [-0.39, 0.29) is 56.7 Å². The Hall–Kier alpha value is -4.18. The summed E-state index contributed by atoms with van der Waals surface area (Å²) in [5.41, 5.74) is 24.8. The lowest BCUT2D eigenvalue weighted by Gasteiger charge is -2.55. The van der Waals surface area contributed by atoms with Gasteiger partial charge in [0.25, 0.3) is 6.71 Å². The molecule has 0 spiro atoms. The van der Waals surface area contributed by atoms with Gasteiger partial charge in [-0.05, 0) is 226 Å². The molecule has 10 aliphatic carbocycles. The van der Waals surface area contributed by atoms with Crippen molar-refractivity contribution in [3.05, 3.63) is 139 Å². The number of fused-ring (bicyclic) bond motifs is 9. The van der Waals surface area contributed by atoms with Crippen molar-refractivity contribution in [2.75, 3.05) is 4.90 Å². The van der Waals surface area contributed by atoms with E-state index < -0.39 is 0 Å². The summed E-state index contributed by atoms with van der Waals surface area (Å²) in [6.07, 6.45) is 37.4. The zero-order chi connectivity index (χ0) is 52.4. The minimum atomic E-state index is 0.0319. The normalized spacial score (nSPS) is 36.0. The van der Waals surface area contributed by atoms with Crippen molar-refractivity contribution in [1.82, 2.24) is 4.90 Å². The molecule has 4 heteroatoms. The Labute approximate surface area is 448 Å². The summed E-state index contributed by atoms with van der Waals surface area (Å²) in [7, 11) is 0. The summed E-state index contributed by atoms with van der Waals surface area (Å²) in [4.78, 5) is 5.91. The number of rotatable bonds is 3. The van der Waals surface area contributed by atoms with Crippen LogP contribution in [0.5, 0.6) is 0 Å². The first-order chi connectivity index (χ1) is 34.6. The van der Waals surface area contributed by atoms with Crippen LogP contribution in [0.2, 0.25) is 0 Å². The maximum absolute atomic E-state index is 7.86. The lowest BCUT2D eigenvalue weighted by Crippen LogP contribution is -2.59. The van der Waals surface area contributed by atoms with E-state index in [4.69, 9.17) is 4.42 Å². The molecule has 390 valence electrons. The van der Waals surface area contributed by atoms with Gasteiger partial charge in [-0.25, -0.2) is 0 Å². The highest BCUT2D eigenvalue weighted by atomic mass is 16.3. The Morgan fingerprint density at radius 2 is 1.30 bits per heavy atom. The molecule has 0 saturated heterocycles. The van der Waals surface area contributed by atoms with Crippen LogP contribution in [0.4, 0.5) is 5.69 Å². The van der Waals surface area contributed by atoms with E-state index in [2.05, 4.69) is 194 Å². The first-order valence-corrected chi connectivity index (χ1v) is 29.9. The molecule has 2 aliphatic heterocycles. The average Bonchev–Trinajstić information content (AvgIpc) is 3.70. The third kappa shape index (κ3) is 7.01. The molecule has 2 aromatic rings. The van der Waals surface area contributed by atoms with Gasteiger partial charge >= 0.3 is 0 Å². The van der Waals surface area contributed by atoms with Crippen LogP contribution in [0.1, 0.15) is 199 Å². The van der Waals surface area contributed by atoms with Crippen molar-refractivity contribution in [2.45, 2.75) is 211 Å². The van der Waals surface area contributed by atoms with E-state index in [0.717, 1.165) is 24.8 Å². The van der Waals surface area contributed by atoms with Gasteiger partial charge in [0.1, 0.15) is 5.58 Å². The van der Waals surface area contributed by atoms with Crippen LogP contribution in [0.3, 0.4) is 0 Å². The van der Waals surface area contributed by atoms with Gasteiger partial charge in [-0.1, -0.05) is 152 Å². The highest BCUT2D eigenvalue weighted by molar-refractivity contribution is 6.88. The van der Waals surface area contributed by atoms with E-state index in [9.17, 15) is 0 Å². The minimum absolute atomic E-state index is 0.0319. The van der Waals surface area contributed by atoms with Crippen LogP contribution in [-0.4, -0.2) is 23.7 Å². The molecule has 3 saturated carbocycles. The van der Waals surface area contributed by atoms with E-state index >= 15 is 0 Å². The first-order valence-electron chi connectivity index (χ1n) is 29.9. The maximum Gasteiger partial charge on any atom is 0.292 e. The molecule has 0 amide bonds. The van der Waals surface area contributed by atoms with Gasteiger partial charge in [0.05, 0.1) is 23.4 Å². The summed E-state index contributed by atoms with van der Waals surface area (Å²) in [6, 6.07) is 5.57. The second kappa shape index (κ2) is 15.7. The number of furan rings is 1. The molecular formula is C70H91BN2O. The number of allylic oxidation sites excluding steroid dienone is 14. The summed E-state index contributed by atoms with van der Waals surface area (Å²) in [5.74, 6) is 2.16.